The number of rotatable bonds is 5. The molecule has 1 N–H and O–H groups in total. The van der Waals surface area contributed by atoms with Crippen LogP contribution >= 0.6 is 7.80 Å². The van der Waals surface area contributed by atoms with Crippen molar-refractivity contribution in [2.24, 2.45) is 0 Å². The Labute approximate surface area is 66.3 Å². The molecule has 0 amide bonds. The SMILES string of the molecule is CCOC[P+](=O)CS(=O)(=O)O. The molecule has 7 heteroatoms. The summed E-state index contributed by atoms with van der Waals surface area (Å²) in [6, 6.07) is 0. The summed E-state index contributed by atoms with van der Waals surface area (Å²) in [5.41, 5.74) is -0.720. The second kappa shape index (κ2) is 4.77. The third-order valence-electron chi connectivity index (χ3n) is 0.747. The third kappa shape index (κ3) is 7.87. The molecule has 0 heterocycles. The molecule has 0 saturated heterocycles. The third-order valence-corrected chi connectivity index (χ3v) is 3.67. The summed E-state index contributed by atoms with van der Waals surface area (Å²) in [5.74, 6) is 0. The zero-order valence-corrected chi connectivity index (χ0v) is 7.77. The van der Waals surface area contributed by atoms with E-state index >= 15 is 0 Å². The Morgan fingerprint density at radius 2 is 2.09 bits per heavy atom. The minimum Gasteiger partial charge on any atom is -0.338 e. The van der Waals surface area contributed by atoms with Crippen LogP contribution in [0.3, 0.4) is 0 Å². The Balaban J connectivity index is 3.71. The summed E-state index contributed by atoms with van der Waals surface area (Å²) in [6.45, 7) is 2.09. The fraction of sp³-hybridized carbons (Fsp3) is 1.00. The van der Waals surface area contributed by atoms with Crippen LogP contribution in [0.5, 0.6) is 0 Å². The number of hydrogen-bond donors (Lipinski definition) is 1. The molecule has 0 radical (unpaired) electrons. The molecule has 0 aliphatic rings. The van der Waals surface area contributed by atoms with E-state index < -0.39 is 23.4 Å². The highest BCUT2D eigenvalue weighted by atomic mass is 32.2. The van der Waals surface area contributed by atoms with Gasteiger partial charge >= 0.3 is 17.9 Å². The first-order chi connectivity index (χ1) is 4.95. The van der Waals surface area contributed by atoms with Gasteiger partial charge in [0.1, 0.15) is 0 Å². The van der Waals surface area contributed by atoms with E-state index in [1.54, 1.807) is 6.92 Å². The quantitative estimate of drug-likeness (QED) is 0.521. The van der Waals surface area contributed by atoms with Crippen molar-refractivity contribution in [2.45, 2.75) is 6.92 Å². The van der Waals surface area contributed by atoms with Gasteiger partial charge in [-0.25, -0.2) is 0 Å². The van der Waals surface area contributed by atoms with E-state index in [-0.39, 0.29) is 6.35 Å². The molecule has 0 aliphatic carbocycles. The van der Waals surface area contributed by atoms with Gasteiger partial charge in [0.05, 0.1) is 0 Å². The smallest absolute Gasteiger partial charge is 0.338 e. The molecule has 11 heavy (non-hydrogen) atoms. The van der Waals surface area contributed by atoms with Crippen LogP contribution in [-0.2, 0) is 19.4 Å². The summed E-state index contributed by atoms with van der Waals surface area (Å²) in [4.78, 5) is 0. The summed E-state index contributed by atoms with van der Waals surface area (Å²) < 4.78 is 43.8. The second-order valence-corrected chi connectivity index (χ2v) is 5.23. The average Bonchev–Trinajstić information content (AvgIpc) is 1.79. The topological polar surface area (TPSA) is 80.7 Å². The van der Waals surface area contributed by atoms with E-state index in [2.05, 4.69) is 4.74 Å². The van der Waals surface area contributed by atoms with Gasteiger partial charge in [0.2, 0.25) is 6.35 Å². The monoisotopic (exact) mass is 201 g/mol. The van der Waals surface area contributed by atoms with Gasteiger partial charge in [0, 0.05) is 6.61 Å². The lowest BCUT2D eigenvalue weighted by Crippen LogP contribution is -2.02. The van der Waals surface area contributed by atoms with E-state index in [1.807, 2.05) is 0 Å². The van der Waals surface area contributed by atoms with Crippen LogP contribution in [0.4, 0.5) is 0 Å². The Bertz CT molecular complexity index is 221. The summed E-state index contributed by atoms with van der Waals surface area (Å²) in [6.07, 6.45) is -0.119. The second-order valence-electron chi connectivity index (χ2n) is 1.81. The molecule has 0 bridgehead atoms. The van der Waals surface area contributed by atoms with Crippen LogP contribution in [0.15, 0.2) is 0 Å². The summed E-state index contributed by atoms with van der Waals surface area (Å²) in [7, 11) is -6.10. The fourth-order valence-electron chi connectivity index (χ4n) is 0.412. The molecular formula is C4H10O5PS+. The Morgan fingerprint density at radius 1 is 1.55 bits per heavy atom. The lowest BCUT2D eigenvalue weighted by atomic mass is 10.9. The van der Waals surface area contributed by atoms with E-state index in [1.165, 1.54) is 0 Å². The highest BCUT2D eigenvalue weighted by Gasteiger charge is 2.23. The fourth-order valence-corrected chi connectivity index (χ4v) is 2.55. The Morgan fingerprint density at radius 3 is 2.45 bits per heavy atom. The highest BCUT2D eigenvalue weighted by molar-refractivity contribution is 7.91. The number of ether oxygens (including phenoxy) is 1. The van der Waals surface area contributed by atoms with Gasteiger partial charge in [-0.05, 0) is 6.92 Å². The predicted molar refractivity (Wildman–Crippen MR) is 40.5 cm³/mol. The van der Waals surface area contributed by atoms with E-state index in [9.17, 15) is 13.0 Å². The lowest BCUT2D eigenvalue weighted by Gasteiger charge is -1.88. The Kier molecular flexibility index (Phi) is 4.76. The van der Waals surface area contributed by atoms with E-state index in [0.717, 1.165) is 0 Å². The molecule has 1 unspecified atom stereocenters. The predicted octanol–water partition coefficient (Wildman–Crippen LogP) is 0.653. The van der Waals surface area contributed by atoms with Crippen molar-refractivity contribution < 1.29 is 22.3 Å². The highest BCUT2D eigenvalue weighted by Crippen LogP contribution is 2.21. The molecule has 1 atom stereocenters. The largest absolute Gasteiger partial charge is 0.385 e. The van der Waals surface area contributed by atoms with Crippen LogP contribution < -0.4 is 0 Å². The first-order valence-electron chi connectivity index (χ1n) is 2.90. The zero-order valence-electron chi connectivity index (χ0n) is 6.06. The standard InChI is InChI=1S/C4H9O5PS/c1-2-9-3-10(5)4-11(6,7)8/h2-4H2,1H3/p+1. The molecule has 0 saturated carbocycles. The minimum atomic E-state index is -4.12. The average molecular weight is 201 g/mol. The van der Waals surface area contributed by atoms with Gasteiger partial charge < -0.3 is 4.74 Å². The van der Waals surface area contributed by atoms with E-state index in [0.29, 0.717) is 6.61 Å². The molecule has 0 aromatic rings. The van der Waals surface area contributed by atoms with Crippen LogP contribution in [0.25, 0.3) is 0 Å². The number of hydrogen-bond acceptors (Lipinski definition) is 4. The maximum atomic E-state index is 10.7. The molecule has 0 aliphatic heterocycles. The molecule has 0 fully saturated rings. The zero-order chi connectivity index (χ0) is 8.91. The van der Waals surface area contributed by atoms with Gasteiger partial charge in [-0.3, -0.25) is 4.55 Å². The van der Waals surface area contributed by atoms with Gasteiger partial charge in [-0.1, -0.05) is 4.57 Å². The van der Waals surface area contributed by atoms with Crippen LogP contribution in [0.1, 0.15) is 6.92 Å². The molecule has 0 spiro atoms. The van der Waals surface area contributed by atoms with Crippen molar-refractivity contribution >= 4 is 17.9 Å². The van der Waals surface area contributed by atoms with Gasteiger partial charge in [0.15, 0.2) is 0 Å². The van der Waals surface area contributed by atoms with Gasteiger partial charge in [-0.15, -0.1) is 0 Å². The van der Waals surface area contributed by atoms with Crippen LogP contribution in [0, 0.1) is 0 Å². The Hall–Kier alpha value is -0.0300. The van der Waals surface area contributed by atoms with E-state index in [4.69, 9.17) is 4.55 Å². The van der Waals surface area contributed by atoms with Crippen LogP contribution in [-0.4, -0.2) is 31.4 Å². The summed E-state index contributed by atoms with van der Waals surface area (Å²) in [5, 5.41) is 0. The van der Waals surface area contributed by atoms with Gasteiger partial charge in [-0.2, -0.15) is 8.42 Å². The summed E-state index contributed by atoms with van der Waals surface area (Å²) >= 11 is 0. The normalized spacial score (nSPS) is 13.1. The first kappa shape index (κ1) is 11.0. The molecule has 5 nitrogen and oxygen atoms in total. The minimum absolute atomic E-state index is 0.119. The van der Waals surface area contributed by atoms with Crippen molar-refractivity contribution in [1.29, 1.82) is 0 Å². The molecule has 0 aromatic heterocycles. The van der Waals surface area contributed by atoms with Crippen molar-refractivity contribution in [1.82, 2.24) is 0 Å². The van der Waals surface area contributed by atoms with Gasteiger partial charge in [0.25, 0.3) is 5.49 Å². The lowest BCUT2D eigenvalue weighted by molar-refractivity contribution is 0.193. The molecular weight excluding hydrogens is 191 g/mol. The molecule has 0 aromatic carbocycles. The van der Waals surface area contributed by atoms with Crippen molar-refractivity contribution in [3.63, 3.8) is 0 Å². The van der Waals surface area contributed by atoms with Crippen molar-refractivity contribution in [3.8, 4) is 0 Å². The molecule has 66 valence electrons. The molecule has 0 rings (SSSR count). The first-order valence-corrected chi connectivity index (χ1v) is 6.14. The maximum absolute atomic E-state index is 10.7. The van der Waals surface area contributed by atoms with Crippen molar-refractivity contribution in [3.05, 3.63) is 0 Å². The van der Waals surface area contributed by atoms with Crippen LogP contribution in [0.2, 0.25) is 0 Å². The van der Waals surface area contributed by atoms with Crippen molar-refractivity contribution in [2.75, 3.05) is 18.4 Å². The maximum Gasteiger partial charge on any atom is 0.385 e.